The molecule has 0 bridgehead atoms. The van der Waals surface area contributed by atoms with Crippen molar-refractivity contribution < 1.29 is 9.53 Å². The van der Waals surface area contributed by atoms with Crippen LogP contribution in [0, 0.1) is 5.92 Å². The van der Waals surface area contributed by atoms with Gasteiger partial charge in [0, 0.05) is 30.4 Å². The molecule has 0 radical (unpaired) electrons. The molecule has 0 aliphatic carbocycles. The highest BCUT2D eigenvalue weighted by Gasteiger charge is 2.33. The van der Waals surface area contributed by atoms with Crippen LogP contribution in [-0.2, 0) is 4.74 Å². The van der Waals surface area contributed by atoms with Crippen LogP contribution in [0.5, 0.6) is 0 Å². The van der Waals surface area contributed by atoms with Crippen molar-refractivity contribution in [3.63, 3.8) is 0 Å². The first-order valence-corrected chi connectivity index (χ1v) is 10.8. The highest BCUT2D eigenvalue weighted by atomic mass is 16.6. The largest absolute Gasteiger partial charge is 0.443 e. The minimum atomic E-state index is -0.535. The number of amides is 1. The predicted octanol–water partition coefficient (Wildman–Crippen LogP) is 5.80. The molecule has 1 amide bonds. The first kappa shape index (κ1) is 22.7. The maximum absolute atomic E-state index is 13.1. The fourth-order valence-electron chi connectivity index (χ4n) is 3.87. The molecule has 1 aliphatic heterocycles. The fourth-order valence-corrected chi connectivity index (χ4v) is 3.87. The third-order valence-corrected chi connectivity index (χ3v) is 5.24. The number of likely N-dealkylation sites (tertiary alicyclic amines) is 1. The van der Waals surface area contributed by atoms with Gasteiger partial charge in [0.15, 0.2) is 0 Å². The molecule has 1 fully saturated rings. The summed E-state index contributed by atoms with van der Waals surface area (Å²) in [5, 5.41) is 0. The average Bonchev–Trinajstić information content (AvgIpc) is 2.61. The van der Waals surface area contributed by atoms with E-state index in [1.165, 1.54) is 12.8 Å². The lowest BCUT2D eigenvalue weighted by atomic mass is 9.94. The molecule has 1 aromatic heterocycles. The average molecular weight is 390 g/mol. The summed E-state index contributed by atoms with van der Waals surface area (Å²) >= 11 is 0. The Morgan fingerprint density at radius 1 is 1.32 bits per heavy atom. The van der Waals surface area contributed by atoms with Gasteiger partial charge in [-0.25, -0.2) is 9.78 Å². The Morgan fingerprint density at radius 3 is 2.64 bits per heavy atom. The summed E-state index contributed by atoms with van der Waals surface area (Å²) in [6.07, 6.45) is 5.87. The second kappa shape index (κ2) is 9.73. The molecule has 0 aromatic carbocycles. The van der Waals surface area contributed by atoms with Crippen LogP contribution in [0.15, 0.2) is 18.3 Å². The first-order chi connectivity index (χ1) is 13.1. The van der Waals surface area contributed by atoms with Gasteiger partial charge in [0.05, 0.1) is 0 Å². The highest BCUT2D eigenvalue weighted by Crippen LogP contribution is 2.37. The maximum Gasteiger partial charge on any atom is 0.416 e. The number of hydrogen-bond donors (Lipinski definition) is 0. The summed E-state index contributed by atoms with van der Waals surface area (Å²) in [6.45, 7) is 16.6. The van der Waals surface area contributed by atoms with Gasteiger partial charge in [0.1, 0.15) is 11.4 Å². The van der Waals surface area contributed by atoms with Gasteiger partial charge in [-0.05, 0) is 65.5 Å². The molecule has 1 aromatic rings. The lowest BCUT2D eigenvalue weighted by molar-refractivity contribution is 0.0564. The van der Waals surface area contributed by atoms with E-state index >= 15 is 0 Å². The van der Waals surface area contributed by atoms with Crippen LogP contribution in [0.2, 0.25) is 0 Å². The Kier molecular flexibility index (Phi) is 7.87. The van der Waals surface area contributed by atoms with E-state index in [2.05, 4.69) is 43.6 Å². The van der Waals surface area contributed by atoms with E-state index in [1.54, 1.807) is 11.1 Å². The van der Waals surface area contributed by atoms with Gasteiger partial charge < -0.3 is 4.74 Å². The number of ether oxygens (including phenoxy) is 1. The van der Waals surface area contributed by atoms with E-state index in [0.717, 1.165) is 37.3 Å². The highest BCUT2D eigenvalue weighted by molar-refractivity contribution is 5.88. The van der Waals surface area contributed by atoms with Gasteiger partial charge in [0.25, 0.3) is 0 Å². The van der Waals surface area contributed by atoms with Crippen molar-refractivity contribution in [1.82, 2.24) is 9.88 Å². The van der Waals surface area contributed by atoms with E-state index in [1.807, 2.05) is 26.8 Å². The smallest absolute Gasteiger partial charge is 0.416 e. The molecular weight excluding hydrogens is 350 g/mol. The lowest BCUT2D eigenvalue weighted by Gasteiger charge is -2.39. The molecule has 158 valence electrons. The summed E-state index contributed by atoms with van der Waals surface area (Å²) in [5.74, 6) is 1.36. The number of nitrogens with zero attached hydrogens (tertiary/aromatic N) is 3. The van der Waals surface area contributed by atoms with Crippen LogP contribution in [0.1, 0.15) is 85.8 Å². The van der Waals surface area contributed by atoms with Crippen molar-refractivity contribution in [2.75, 3.05) is 18.0 Å². The second-order valence-corrected chi connectivity index (χ2v) is 9.42. The van der Waals surface area contributed by atoms with Crippen molar-refractivity contribution in [2.24, 2.45) is 5.92 Å². The van der Waals surface area contributed by atoms with E-state index in [9.17, 15) is 4.79 Å². The second-order valence-electron chi connectivity index (χ2n) is 9.42. The van der Waals surface area contributed by atoms with Gasteiger partial charge in [-0.15, -0.1) is 0 Å². The summed E-state index contributed by atoms with van der Waals surface area (Å²) in [5.41, 5.74) is 0.612. The summed E-state index contributed by atoms with van der Waals surface area (Å²) in [7, 11) is 0. The molecule has 5 heteroatoms. The predicted molar refractivity (Wildman–Crippen MR) is 116 cm³/mol. The third kappa shape index (κ3) is 5.94. The molecule has 0 unspecified atom stereocenters. The SMILES string of the molecule is CC[C@H](C)N(C(=O)OC(C)(C)C)c1ncccc1[C@@H]1CCCCN1CC(C)C. The summed E-state index contributed by atoms with van der Waals surface area (Å²) in [6, 6.07) is 4.45. The minimum absolute atomic E-state index is 0.0191. The first-order valence-electron chi connectivity index (χ1n) is 10.8. The molecule has 28 heavy (non-hydrogen) atoms. The molecule has 0 N–H and O–H groups in total. The molecular formula is C23H39N3O2. The number of aromatic nitrogens is 1. The number of rotatable bonds is 6. The number of pyridine rings is 1. The number of hydrogen-bond acceptors (Lipinski definition) is 4. The molecule has 0 saturated carbocycles. The van der Waals surface area contributed by atoms with Crippen LogP contribution in [0.25, 0.3) is 0 Å². The maximum atomic E-state index is 13.1. The van der Waals surface area contributed by atoms with Crippen LogP contribution in [0.4, 0.5) is 10.6 Å². The Morgan fingerprint density at radius 2 is 2.04 bits per heavy atom. The number of piperidine rings is 1. The minimum Gasteiger partial charge on any atom is -0.443 e. The standard InChI is InChI=1S/C23H39N3O2/c1-8-18(4)26(22(27)28-23(5,6)7)21-19(12-11-14-24-21)20-13-9-10-15-25(20)16-17(2)3/h11-12,14,17-18,20H,8-10,13,15-16H2,1-7H3/t18-,20-/m0/s1. The molecule has 2 heterocycles. The van der Waals surface area contributed by atoms with Crippen molar-refractivity contribution >= 4 is 11.9 Å². The van der Waals surface area contributed by atoms with E-state index in [4.69, 9.17) is 4.74 Å². The normalized spacial score (nSPS) is 19.5. The number of anilines is 1. The van der Waals surface area contributed by atoms with Gasteiger partial charge in [-0.1, -0.05) is 33.3 Å². The quantitative estimate of drug-likeness (QED) is 0.616. The fraction of sp³-hybridized carbons (Fsp3) is 0.739. The third-order valence-electron chi connectivity index (χ3n) is 5.24. The van der Waals surface area contributed by atoms with Gasteiger partial charge in [-0.3, -0.25) is 9.80 Å². The van der Waals surface area contributed by atoms with Crippen molar-refractivity contribution in [2.45, 2.75) is 91.8 Å². The van der Waals surface area contributed by atoms with E-state index in [-0.39, 0.29) is 12.1 Å². The molecule has 1 saturated heterocycles. The van der Waals surface area contributed by atoms with E-state index < -0.39 is 5.60 Å². The Bertz CT molecular complexity index is 639. The van der Waals surface area contributed by atoms with Crippen LogP contribution in [-0.4, -0.2) is 40.7 Å². The van der Waals surface area contributed by atoms with Crippen LogP contribution < -0.4 is 4.90 Å². The zero-order chi connectivity index (χ0) is 20.9. The van der Waals surface area contributed by atoms with Crippen molar-refractivity contribution in [1.29, 1.82) is 0 Å². The molecule has 0 spiro atoms. The van der Waals surface area contributed by atoms with Gasteiger partial charge in [0.2, 0.25) is 0 Å². The molecule has 2 atom stereocenters. The zero-order valence-electron chi connectivity index (χ0n) is 18.9. The Hall–Kier alpha value is -1.62. The van der Waals surface area contributed by atoms with E-state index in [0.29, 0.717) is 12.0 Å². The van der Waals surface area contributed by atoms with Crippen molar-refractivity contribution in [3.05, 3.63) is 23.9 Å². The Balaban J connectivity index is 2.44. The monoisotopic (exact) mass is 389 g/mol. The topological polar surface area (TPSA) is 45.7 Å². The number of carbonyl (C=O) groups excluding carboxylic acids is 1. The van der Waals surface area contributed by atoms with Crippen molar-refractivity contribution in [3.8, 4) is 0 Å². The van der Waals surface area contributed by atoms with Gasteiger partial charge >= 0.3 is 6.09 Å². The van der Waals surface area contributed by atoms with Crippen LogP contribution in [0.3, 0.4) is 0 Å². The lowest BCUT2D eigenvalue weighted by Crippen LogP contribution is -2.44. The molecule has 2 rings (SSSR count). The van der Waals surface area contributed by atoms with Crippen LogP contribution >= 0.6 is 0 Å². The van der Waals surface area contributed by atoms with Gasteiger partial charge in [-0.2, -0.15) is 0 Å². The summed E-state index contributed by atoms with van der Waals surface area (Å²) in [4.78, 5) is 22.1. The zero-order valence-corrected chi connectivity index (χ0v) is 18.9. The number of carbonyl (C=O) groups is 1. The Labute approximate surface area is 171 Å². The molecule has 5 nitrogen and oxygen atoms in total. The summed E-state index contributed by atoms with van der Waals surface area (Å²) < 4.78 is 5.74. The molecule has 1 aliphatic rings.